The van der Waals surface area contributed by atoms with Crippen molar-refractivity contribution in [3.05, 3.63) is 118 Å². The number of carbonyl (C=O) groups is 2. The molecule has 1 atom stereocenters. The van der Waals surface area contributed by atoms with E-state index in [2.05, 4.69) is 20.6 Å². The summed E-state index contributed by atoms with van der Waals surface area (Å²) in [6.07, 6.45) is 0.437. The molecular formula is C30H22ClF3N6O5. The molecule has 15 heteroatoms. The molecule has 5 rings (SSSR count). The summed E-state index contributed by atoms with van der Waals surface area (Å²) in [5.74, 6) is -1.61. The topological polar surface area (TPSA) is 141 Å². The van der Waals surface area contributed by atoms with Gasteiger partial charge in [-0.3, -0.25) is 19.1 Å². The monoisotopic (exact) mass is 638 g/mol. The molecule has 1 amide bonds. The highest BCUT2D eigenvalue weighted by atomic mass is 35.5. The Morgan fingerprint density at radius 3 is 2.36 bits per heavy atom. The Hall–Kier alpha value is -5.50. The van der Waals surface area contributed by atoms with Gasteiger partial charge in [0.05, 0.1) is 30.8 Å². The Morgan fingerprint density at radius 2 is 1.73 bits per heavy atom. The minimum Gasteiger partial charge on any atom is -0.495 e. The predicted octanol–water partition coefficient (Wildman–Crippen LogP) is 5.29. The van der Waals surface area contributed by atoms with Crippen molar-refractivity contribution < 1.29 is 32.6 Å². The van der Waals surface area contributed by atoms with Crippen LogP contribution >= 0.6 is 11.6 Å². The molecule has 0 radical (unpaired) electrons. The van der Waals surface area contributed by atoms with Crippen LogP contribution in [0.3, 0.4) is 0 Å². The summed E-state index contributed by atoms with van der Waals surface area (Å²) in [7, 11) is 1.33. The number of aromatic nitrogens is 5. The fourth-order valence-corrected chi connectivity index (χ4v) is 4.73. The van der Waals surface area contributed by atoms with Gasteiger partial charge in [0.2, 0.25) is 5.91 Å². The molecule has 2 N–H and O–H groups in total. The van der Waals surface area contributed by atoms with E-state index in [0.29, 0.717) is 17.4 Å². The maximum absolute atomic E-state index is 13.7. The van der Waals surface area contributed by atoms with Crippen molar-refractivity contribution >= 4 is 29.2 Å². The summed E-state index contributed by atoms with van der Waals surface area (Å²) in [4.78, 5) is 42.5. The lowest BCUT2D eigenvalue weighted by Gasteiger charge is -2.22. The van der Waals surface area contributed by atoms with Gasteiger partial charge in [-0.25, -0.2) is 9.48 Å². The van der Waals surface area contributed by atoms with E-state index in [1.807, 2.05) is 0 Å². The average molecular weight is 639 g/mol. The summed E-state index contributed by atoms with van der Waals surface area (Å²) in [6.45, 7) is 0. The third-order valence-corrected chi connectivity index (χ3v) is 6.99. The summed E-state index contributed by atoms with van der Waals surface area (Å²) < 4.78 is 47.4. The lowest BCUT2D eigenvalue weighted by Crippen LogP contribution is -2.34. The summed E-state index contributed by atoms with van der Waals surface area (Å²) in [6, 6.07) is 13.2. The van der Waals surface area contributed by atoms with Gasteiger partial charge in [-0.15, -0.1) is 5.10 Å². The molecule has 0 unspecified atom stereocenters. The summed E-state index contributed by atoms with van der Waals surface area (Å²) >= 11 is 6.24. The normalized spacial score (nSPS) is 12.0. The quantitative estimate of drug-likeness (QED) is 0.222. The second kappa shape index (κ2) is 12.6. The molecular weight excluding hydrogens is 617 g/mol. The highest BCUT2D eigenvalue weighted by Gasteiger charge is 2.35. The van der Waals surface area contributed by atoms with Gasteiger partial charge in [-0.05, 0) is 60.2 Å². The molecule has 0 fully saturated rings. The van der Waals surface area contributed by atoms with Gasteiger partial charge in [-0.1, -0.05) is 16.8 Å². The standard InChI is InChI=1S/C30H22ClF3N6O5/c1-45-25-15-39(24(12-17-8-10-35-11-9-17)28(42)36-20-5-2-18(3-6-20)29(43)44)27(41)14-22(25)21-13-19(31)4-7-23(21)40-16-26(37-38-40)30(32,33)34/h2-11,13-16,24H,12H2,1H3,(H,36,42)(H,43,44)/t24-/m0/s1. The van der Waals surface area contributed by atoms with Gasteiger partial charge in [0.15, 0.2) is 5.69 Å². The number of benzene rings is 2. The number of alkyl halides is 3. The minimum absolute atomic E-state index is 0.0267. The molecule has 5 aromatic rings. The Balaban J connectivity index is 1.58. The SMILES string of the molecule is COc1cn([C@@H](Cc2ccncc2)C(=O)Nc2ccc(C(=O)O)cc2)c(=O)cc1-c1cc(Cl)ccc1-n1cc(C(F)(F)F)nn1. The molecule has 2 aromatic carbocycles. The molecule has 0 aliphatic heterocycles. The van der Waals surface area contributed by atoms with Crippen LogP contribution in [0.15, 0.2) is 90.2 Å². The number of nitrogens with zero attached hydrogens (tertiary/aromatic N) is 5. The Morgan fingerprint density at radius 1 is 1.02 bits per heavy atom. The summed E-state index contributed by atoms with van der Waals surface area (Å²) in [5.41, 5.74) is -0.313. The van der Waals surface area contributed by atoms with E-state index in [4.69, 9.17) is 16.3 Å². The molecule has 0 aliphatic rings. The fourth-order valence-electron chi connectivity index (χ4n) is 4.56. The first-order valence-electron chi connectivity index (χ1n) is 13.1. The molecule has 0 aliphatic carbocycles. The highest BCUT2D eigenvalue weighted by molar-refractivity contribution is 6.31. The van der Waals surface area contributed by atoms with Gasteiger partial charge < -0.3 is 15.2 Å². The van der Waals surface area contributed by atoms with E-state index in [0.717, 1.165) is 4.68 Å². The Labute approximate surface area is 257 Å². The largest absolute Gasteiger partial charge is 0.495 e. The van der Waals surface area contributed by atoms with Crippen LogP contribution in [0.25, 0.3) is 16.8 Å². The molecule has 0 spiro atoms. The van der Waals surface area contributed by atoms with Crippen molar-refractivity contribution in [1.29, 1.82) is 0 Å². The summed E-state index contributed by atoms with van der Waals surface area (Å²) in [5, 5.41) is 18.9. The Kier molecular flexibility index (Phi) is 8.68. The van der Waals surface area contributed by atoms with Crippen molar-refractivity contribution in [2.24, 2.45) is 0 Å². The van der Waals surface area contributed by atoms with Crippen LogP contribution in [0.5, 0.6) is 5.75 Å². The maximum Gasteiger partial charge on any atom is 0.436 e. The van der Waals surface area contributed by atoms with Crippen molar-refractivity contribution in [2.45, 2.75) is 18.6 Å². The number of amides is 1. The van der Waals surface area contributed by atoms with Gasteiger partial charge in [-0.2, -0.15) is 13.2 Å². The van der Waals surface area contributed by atoms with E-state index in [9.17, 15) is 32.7 Å². The third kappa shape index (κ3) is 6.86. The zero-order valence-corrected chi connectivity index (χ0v) is 24.0. The van der Waals surface area contributed by atoms with Crippen molar-refractivity contribution in [1.82, 2.24) is 24.5 Å². The number of ether oxygens (including phenoxy) is 1. The lowest BCUT2D eigenvalue weighted by molar-refractivity contribution is -0.141. The predicted molar refractivity (Wildman–Crippen MR) is 157 cm³/mol. The number of methoxy groups -OCH3 is 1. The molecule has 0 saturated heterocycles. The number of anilines is 1. The number of hydrogen-bond acceptors (Lipinski definition) is 7. The van der Waals surface area contributed by atoms with E-state index in [-0.39, 0.29) is 39.6 Å². The first-order valence-corrected chi connectivity index (χ1v) is 13.5. The van der Waals surface area contributed by atoms with Gasteiger partial charge in [0.1, 0.15) is 11.8 Å². The van der Waals surface area contributed by atoms with Crippen molar-refractivity contribution in [3.8, 4) is 22.6 Å². The van der Waals surface area contributed by atoms with Crippen LogP contribution in [0.4, 0.5) is 18.9 Å². The molecule has 0 saturated carbocycles. The third-order valence-electron chi connectivity index (χ3n) is 6.76. The molecule has 11 nitrogen and oxygen atoms in total. The smallest absolute Gasteiger partial charge is 0.436 e. The fraction of sp³-hybridized carbons (Fsp3) is 0.133. The van der Waals surface area contributed by atoms with Crippen molar-refractivity contribution in [2.75, 3.05) is 12.4 Å². The highest BCUT2D eigenvalue weighted by Crippen LogP contribution is 2.36. The second-order valence-electron chi connectivity index (χ2n) is 9.66. The second-order valence-corrected chi connectivity index (χ2v) is 10.1. The number of hydrogen-bond donors (Lipinski definition) is 2. The van der Waals surface area contributed by atoms with Crippen LogP contribution in [0.2, 0.25) is 5.02 Å². The van der Waals surface area contributed by atoms with Crippen LogP contribution in [-0.4, -0.2) is 48.6 Å². The number of carboxylic acids is 1. The van der Waals surface area contributed by atoms with E-state index in [1.54, 1.807) is 12.1 Å². The number of halogens is 4. The first-order chi connectivity index (χ1) is 21.4. The van der Waals surface area contributed by atoms with Crippen LogP contribution in [0.1, 0.15) is 27.7 Å². The molecule has 230 valence electrons. The Bertz CT molecular complexity index is 1930. The molecule has 45 heavy (non-hydrogen) atoms. The van der Waals surface area contributed by atoms with Crippen LogP contribution < -0.4 is 15.6 Å². The number of nitrogens with one attached hydrogen (secondary N) is 1. The number of pyridine rings is 2. The molecule has 3 aromatic heterocycles. The zero-order valence-electron chi connectivity index (χ0n) is 23.2. The van der Waals surface area contributed by atoms with Gasteiger partial charge >= 0.3 is 12.1 Å². The maximum atomic E-state index is 13.7. The minimum atomic E-state index is -4.73. The van der Waals surface area contributed by atoms with E-state index in [1.165, 1.54) is 78.8 Å². The number of aromatic carboxylic acids is 1. The molecule has 0 bridgehead atoms. The number of carbonyl (C=O) groups excluding carboxylic acids is 1. The first kappa shape index (κ1) is 30.9. The molecule has 3 heterocycles. The number of carboxylic acid groups (broad SMARTS) is 1. The lowest BCUT2D eigenvalue weighted by atomic mass is 10.0. The number of rotatable bonds is 9. The van der Waals surface area contributed by atoms with Crippen molar-refractivity contribution in [3.63, 3.8) is 0 Å². The average Bonchev–Trinajstić information content (AvgIpc) is 3.52. The van der Waals surface area contributed by atoms with Crippen LogP contribution in [0, 0.1) is 0 Å². The van der Waals surface area contributed by atoms with E-state index >= 15 is 0 Å². The van der Waals surface area contributed by atoms with E-state index < -0.39 is 35.3 Å². The van der Waals surface area contributed by atoms with Crippen LogP contribution in [-0.2, 0) is 17.4 Å². The van der Waals surface area contributed by atoms with Gasteiger partial charge in [0, 0.05) is 46.7 Å². The van der Waals surface area contributed by atoms with Gasteiger partial charge in [0.25, 0.3) is 5.56 Å². The zero-order chi connectivity index (χ0) is 32.3.